The first-order valence-electron chi connectivity index (χ1n) is 7.55. The van der Waals surface area contributed by atoms with Gasteiger partial charge in [-0.1, -0.05) is 18.2 Å². The van der Waals surface area contributed by atoms with Gasteiger partial charge in [0.25, 0.3) is 5.91 Å². The van der Waals surface area contributed by atoms with E-state index >= 15 is 0 Å². The van der Waals surface area contributed by atoms with Gasteiger partial charge in [0.15, 0.2) is 0 Å². The van der Waals surface area contributed by atoms with Crippen molar-refractivity contribution in [3.63, 3.8) is 0 Å². The van der Waals surface area contributed by atoms with Crippen molar-refractivity contribution < 1.29 is 17.9 Å². The molecular formula is C16H19N3O4S. The van der Waals surface area contributed by atoms with Gasteiger partial charge >= 0.3 is 0 Å². The van der Waals surface area contributed by atoms with Crippen molar-refractivity contribution in [2.45, 2.75) is 17.4 Å². The fourth-order valence-electron chi connectivity index (χ4n) is 2.75. The van der Waals surface area contributed by atoms with E-state index in [1.54, 1.807) is 7.05 Å². The third kappa shape index (κ3) is 3.02. The molecule has 24 heavy (non-hydrogen) atoms. The predicted octanol–water partition coefficient (Wildman–Crippen LogP) is 1.19. The normalized spacial score (nSPS) is 17.0. The molecule has 0 radical (unpaired) electrons. The summed E-state index contributed by atoms with van der Waals surface area (Å²) in [5, 5.41) is 2.96. The molecule has 1 aromatic heterocycles. The van der Waals surface area contributed by atoms with Crippen LogP contribution in [0.4, 0.5) is 0 Å². The molecule has 1 aliphatic rings. The predicted molar refractivity (Wildman–Crippen MR) is 88.4 cm³/mol. The van der Waals surface area contributed by atoms with Gasteiger partial charge in [0, 0.05) is 25.2 Å². The number of carbonyl (C=O) groups excluding carboxylic acids is 1. The lowest BCUT2D eigenvalue weighted by Crippen LogP contribution is -2.33. The second-order valence-electron chi connectivity index (χ2n) is 5.58. The van der Waals surface area contributed by atoms with E-state index in [4.69, 9.17) is 4.74 Å². The van der Waals surface area contributed by atoms with Gasteiger partial charge in [-0.15, -0.1) is 0 Å². The minimum atomic E-state index is -3.59. The quantitative estimate of drug-likeness (QED) is 0.868. The second kappa shape index (κ2) is 6.29. The fraction of sp³-hybridized carbons (Fsp3) is 0.312. The Hall–Kier alpha value is -2.32. The lowest BCUT2D eigenvalue weighted by Gasteiger charge is -2.26. The molecule has 0 unspecified atom stereocenters. The third-order valence-electron chi connectivity index (χ3n) is 4.06. The lowest BCUT2D eigenvalue weighted by atomic mass is 10.0. The number of hydrogen-bond acceptors (Lipinski definition) is 4. The number of benzene rings is 1. The van der Waals surface area contributed by atoms with Gasteiger partial charge in [-0.2, -0.15) is 0 Å². The van der Waals surface area contributed by atoms with Crippen LogP contribution in [0.3, 0.4) is 0 Å². The maximum Gasteiger partial charge on any atom is 0.268 e. The van der Waals surface area contributed by atoms with E-state index in [-0.39, 0.29) is 22.5 Å². The van der Waals surface area contributed by atoms with Crippen LogP contribution in [0.15, 0.2) is 41.4 Å². The van der Waals surface area contributed by atoms with Gasteiger partial charge in [-0.3, -0.25) is 4.79 Å². The Labute approximate surface area is 140 Å². The molecule has 2 aromatic rings. The van der Waals surface area contributed by atoms with E-state index in [9.17, 15) is 13.2 Å². The van der Waals surface area contributed by atoms with Crippen molar-refractivity contribution in [3.8, 4) is 5.75 Å². The van der Waals surface area contributed by atoms with Crippen LogP contribution in [0.25, 0.3) is 0 Å². The van der Waals surface area contributed by atoms with Gasteiger partial charge < -0.3 is 14.6 Å². The topological polar surface area (TPSA) is 89.4 Å². The molecule has 2 N–H and O–H groups in total. The second-order valence-corrected chi connectivity index (χ2v) is 7.47. The van der Waals surface area contributed by atoms with Crippen LogP contribution in [0.1, 0.15) is 28.5 Å². The van der Waals surface area contributed by atoms with Gasteiger partial charge in [0.05, 0.1) is 12.6 Å². The number of aromatic nitrogens is 1. The van der Waals surface area contributed by atoms with Crippen molar-refractivity contribution in [1.29, 1.82) is 0 Å². The molecule has 0 saturated carbocycles. The summed E-state index contributed by atoms with van der Waals surface area (Å²) >= 11 is 0. The number of nitrogens with one attached hydrogen (secondary N) is 2. The van der Waals surface area contributed by atoms with Crippen LogP contribution in [0.2, 0.25) is 0 Å². The summed E-state index contributed by atoms with van der Waals surface area (Å²) in [4.78, 5) is 12.6. The fourth-order valence-corrected chi connectivity index (χ4v) is 3.55. The number of amides is 1. The minimum Gasteiger partial charge on any atom is -0.493 e. The SMILES string of the molecule is CNS(=O)(=O)c1cc(C(=O)N[C@@H]2CCOc3ccccc32)n(C)c1. The average molecular weight is 349 g/mol. The number of aryl methyl sites for hydroxylation is 1. The van der Waals surface area contributed by atoms with Gasteiger partial charge in [-0.05, 0) is 19.2 Å². The molecule has 1 amide bonds. The van der Waals surface area contributed by atoms with E-state index in [2.05, 4.69) is 10.0 Å². The van der Waals surface area contributed by atoms with Gasteiger partial charge in [0.1, 0.15) is 16.3 Å². The number of carbonyl (C=O) groups is 1. The Morgan fingerprint density at radius 3 is 2.83 bits per heavy atom. The smallest absolute Gasteiger partial charge is 0.268 e. The first-order chi connectivity index (χ1) is 11.4. The maximum absolute atomic E-state index is 12.6. The van der Waals surface area contributed by atoms with Crippen molar-refractivity contribution in [2.24, 2.45) is 7.05 Å². The van der Waals surface area contributed by atoms with Crippen molar-refractivity contribution in [2.75, 3.05) is 13.7 Å². The monoisotopic (exact) mass is 349 g/mol. The van der Waals surface area contributed by atoms with Crippen LogP contribution in [0.5, 0.6) is 5.75 Å². The molecule has 0 fully saturated rings. The van der Waals surface area contributed by atoms with Gasteiger partial charge in [0.2, 0.25) is 10.0 Å². The molecule has 3 rings (SSSR count). The van der Waals surface area contributed by atoms with Crippen molar-refractivity contribution in [3.05, 3.63) is 47.8 Å². The Bertz CT molecular complexity index is 873. The number of fused-ring (bicyclic) bond motifs is 1. The van der Waals surface area contributed by atoms with E-state index < -0.39 is 10.0 Å². The molecule has 1 aliphatic heterocycles. The molecule has 7 nitrogen and oxygen atoms in total. The Morgan fingerprint density at radius 1 is 1.33 bits per heavy atom. The van der Waals surface area contributed by atoms with Crippen LogP contribution in [-0.2, 0) is 17.1 Å². The average Bonchev–Trinajstić information content (AvgIpc) is 2.98. The Kier molecular flexibility index (Phi) is 4.33. The molecule has 8 heteroatoms. The van der Waals surface area contributed by atoms with Crippen molar-refractivity contribution in [1.82, 2.24) is 14.6 Å². The number of para-hydroxylation sites is 1. The molecule has 128 valence electrons. The number of ether oxygens (including phenoxy) is 1. The molecule has 0 aliphatic carbocycles. The summed E-state index contributed by atoms with van der Waals surface area (Å²) < 4.78 is 33.1. The van der Waals surface area contributed by atoms with Crippen LogP contribution in [-0.4, -0.2) is 32.5 Å². The zero-order valence-corrected chi connectivity index (χ0v) is 14.3. The highest BCUT2D eigenvalue weighted by molar-refractivity contribution is 7.89. The van der Waals surface area contributed by atoms with Crippen molar-refractivity contribution >= 4 is 15.9 Å². The van der Waals surface area contributed by atoms with Crippen LogP contribution < -0.4 is 14.8 Å². The van der Waals surface area contributed by atoms with E-state index in [1.165, 1.54) is 23.9 Å². The summed E-state index contributed by atoms with van der Waals surface area (Å²) in [5.74, 6) is 0.441. The summed E-state index contributed by atoms with van der Waals surface area (Å²) in [6, 6.07) is 8.77. The summed E-state index contributed by atoms with van der Waals surface area (Å²) in [5.41, 5.74) is 1.21. The molecule has 2 heterocycles. The van der Waals surface area contributed by atoms with Crippen LogP contribution >= 0.6 is 0 Å². The molecule has 0 spiro atoms. The minimum absolute atomic E-state index is 0.0602. The largest absolute Gasteiger partial charge is 0.493 e. The van der Waals surface area contributed by atoms with Gasteiger partial charge in [-0.25, -0.2) is 13.1 Å². The zero-order valence-electron chi connectivity index (χ0n) is 13.4. The number of nitrogens with zero attached hydrogens (tertiary/aromatic N) is 1. The molecular weight excluding hydrogens is 330 g/mol. The van der Waals surface area contributed by atoms with Crippen LogP contribution in [0, 0.1) is 0 Å². The summed E-state index contributed by atoms with van der Waals surface area (Å²) in [7, 11) is -0.611. The maximum atomic E-state index is 12.6. The third-order valence-corrected chi connectivity index (χ3v) is 5.44. The highest BCUT2D eigenvalue weighted by atomic mass is 32.2. The number of hydrogen-bond donors (Lipinski definition) is 2. The zero-order chi connectivity index (χ0) is 17.3. The highest BCUT2D eigenvalue weighted by Gasteiger charge is 2.25. The summed E-state index contributed by atoms with van der Waals surface area (Å²) in [6.07, 6.45) is 2.08. The molecule has 0 saturated heterocycles. The van der Waals surface area contributed by atoms with E-state index in [0.717, 1.165) is 11.3 Å². The Balaban J connectivity index is 1.84. The van der Waals surface area contributed by atoms with E-state index in [1.807, 2.05) is 24.3 Å². The first kappa shape index (κ1) is 16.5. The number of sulfonamides is 1. The molecule has 0 bridgehead atoms. The highest BCUT2D eigenvalue weighted by Crippen LogP contribution is 2.31. The molecule has 1 atom stereocenters. The van der Waals surface area contributed by atoms with E-state index in [0.29, 0.717) is 13.0 Å². The Morgan fingerprint density at radius 2 is 2.08 bits per heavy atom. The first-order valence-corrected chi connectivity index (χ1v) is 9.03. The lowest BCUT2D eigenvalue weighted by molar-refractivity contribution is 0.0916. The summed E-state index contributed by atoms with van der Waals surface area (Å²) in [6.45, 7) is 0.522. The standard InChI is InChI=1S/C16H19N3O4S/c1-17-24(21,22)11-9-14(19(2)10-11)16(20)18-13-7-8-23-15-6-4-3-5-12(13)15/h3-6,9-10,13,17H,7-8H2,1-2H3,(H,18,20)/t13-/m1/s1. The molecule has 1 aromatic carbocycles. The number of rotatable bonds is 4.